The lowest BCUT2D eigenvalue weighted by molar-refractivity contribution is -0.147. The molecule has 1 fully saturated rings. The van der Waals surface area contributed by atoms with Gasteiger partial charge in [-0.1, -0.05) is 37.6 Å². The molecular weight excluding hydrogens is 399 g/mol. The summed E-state index contributed by atoms with van der Waals surface area (Å²) in [5, 5.41) is 1.09. The second-order valence-corrected chi connectivity index (χ2v) is 7.74. The van der Waals surface area contributed by atoms with Crippen molar-refractivity contribution in [1.82, 2.24) is 0 Å². The third-order valence-electron chi connectivity index (χ3n) is 5.09. The summed E-state index contributed by atoms with van der Waals surface area (Å²) in [7, 11) is 0. The number of esters is 1. The van der Waals surface area contributed by atoms with Gasteiger partial charge < -0.3 is 4.74 Å². The molecule has 27 heavy (non-hydrogen) atoms. The van der Waals surface area contributed by atoms with Gasteiger partial charge in [0.05, 0.1) is 16.8 Å². The van der Waals surface area contributed by atoms with Crippen LogP contribution in [0.3, 0.4) is 0 Å². The van der Waals surface area contributed by atoms with Crippen LogP contribution in [0.15, 0.2) is 28.2 Å². The monoisotopic (exact) mass is 417 g/mol. The maximum Gasteiger partial charge on any atom is 0.426 e. The van der Waals surface area contributed by atoms with Crippen molar-refractivity contribution in [2.24, 2.45) is 22.2 Å². The molecule has 0 spiro atoms. The van der Waals surface area contributed by atoms with Gasteiger partial charge in [0.15, 0.2) is 0 Å². The summed E-state index contributed by atoms with van der Waals surface area (Å²) in [4.78, 5) is 16.4. The summed E-state index contributed by atoms with van der Waals surface area (Å²) in [5.74, 6) is -1.83. The topological polar surface area (TPSA) is 38.7 Å². The Hall–Kier alpha value is -1.69. The molecule has 1 aliphatic rings. The van der Waals surface area contributed by atoms with Crippen molar-refractivity contribution in [2.45, 2.75) is 40.5 Å². The van der Waals surface area contributed by atoms with Crippen LogP contribution in [0.25, 0.3) is 0 Å². The summed E-state index contributed by atoms with van der Waals surface area (Å²) < 4.78 is 43.3. The number of ether oxygens (including phenoxy) is 1. The van der Waals surface area contributed by atoms with Crippen molar-refractivity contribution in [3.05, 3.63) is 39.9 Å². The van der Waals surface area contributed by atoms with Crippen LogP contribution >= 0.6 is 23.8 Å². The molecule has 0 heterocycles. The average molecular weight is 418 g/mol. The van der Waals surface area contributed by atoms with E-state index in [1.165, 1.54) is 0 Å². The van der Waals surface area contributed by atoms with Crippen LogP contribution in [-0.2, 0) is 16.1 Å². The molecule has 0 aliphatic heterocycles. The summed E-state index contributed by atoms with van der Waals surface area (Å²) in [6, 6.07) is 3.62. The van der Waals surface area contributed by atoms with E-state index in [0.29, 0.717) is 5.69 Å². The molecule has 0 saturated heterocycles. The van der Waals surface area contributed by atoms with Gasteiger partial charge in [-0.3, -0.25) is 4.79 Å². The zero-order valence-corrected chi connectivity index (χ0v) is 16.9. The molecule has 1 saturated carbocycles. The first-order valence-corrected chi connectivity index (χ1v) is 8.98. The first-order chi connectivity index (χ1) is 12.4. The summed E-state index contributed by atoms with van der Waals surface area (Å²) in [6.07, 6.45) is -3.72. The first kappa shape index (κ1) is 21.6. The van der Waals surface area contributed by atoms with Crippen LogP contribution < -0.4 is 0 Å². The van der Waals surface area contributed by atoms with Crippen molar-refractivity contribution < 1.29 is 22.7 Å². The molecule has 1 aromatic carbocycles. The number of aliphatic imine (C=N–C) groups is 1. The molecule has 2 atom stereocenters. The van der Waals surface area contributed by atoms with Crippen molar-refractivity contribution in [1.29, 1.82) is 0 Å². The van der Waals surface area contributed by atoms with E-state index in [9.17, 15) is 18.0 Å². The number of nitrogens with zero attached hydrogens (tertiary/aromatic N) is 1. The van der Waals surface area contributed by atoms with Crippen molar-refractivity contribution in [3.63, 3.8) is 0 Å². The fraction of sp³-hybridized carbons (Fsp3) is 0.474. The molecule has 3 nitrogen and oxygen atoms in total. The van der Waals surface area contributed by atoms with Crippen LogP contribution in [0.2, 0.25) is 0 Å². The third-order valence-corrected chi connectivity index (χ3v) is 5.52. The summed E-state index contributed by atoms with van der Waals surface area (Å²) in [6.45, 7) is 7.14. The van der Waals surface area contributed by atoms with Crippen molar-refractivity contribution in [2.75, 3.05) is 0 Å². The molecule has 0 bridgehead atoms. The quantitative estimate of drug-likeness (QED) is 0.333. The molecular formula is C19H19ClF3NO2S. The van der Waals surface area contributed by atoms with Gasteiger partial charge in [0.25, 0.3) is 0 Å². The predicted molar refractivity (Wildman–Crippen MR) is 101 cm³/mol. The Labute approximate surface area is 166 Å². The Kier molecular flexibility index (Phi) is 6.19. The van der Waals surface area contributed by atoms with Gasteiger partial charge in [-0.25, -0.2) is 0 Å². The number of hydrogen-bond donors (Lipinski definition) is 0. The van der Waals surface area contributed by atoms with Crippen LogP contribution in [0.1, 0.15) is 30.5 Å². The Bertz CT molecular complexity index is 842. The van der Waals surface area contributed by atoms with E-state index < -0.39 is 34.4 Å². The SMILES string of the molecule is Cc1ccc(N=C=S)c(C)c1COC(=O)C1C(/C=C(\Cl)C(F)(F)F)C1(C)C. The number of allylic oxidation sites excluding steroid dienone is 2. The fourth-order valence-electron chi connectivity index (χ4n) is 3.20. The molecule has 146 valence electrons. The summed E-state index contributed by atoms with van der Waals surface area (Å²) >= 11 is 9.93. The van der Waals surface area contributed by atoms with Crippen molar-refractivity contribution in [3.8, 4) is 0 Å². The highest BCUT2D eigenvalue weighted by molar-refractivity contribution is 7.78. The van der Waals surface area contributed by atoms with Gasteiger partial charge >= 0.3 is 12.1 Å². The Morgan fingerprint density at radius 2 is 2.04 bits per heavy atom. The predicted octanol–water partition coefficient (Wildman–Crippen LogP) is 6.04. The number of thiocarbonyl (C=S) groups is 1. The highest BCUT2D eigenvalue weighted by Gasteiger charge is 2.62. The van der Waals surface area contributed by atoms with Crippen LogP contribution in [-0.4, -0.2) is 17.3 Å². The maximum atomic E-state index is 12.6. The molecule has 1 aliphatic carbocycles. The highest BCUT2D eigenvalue weighted by atomic mass is 35.5. The van der Waals surface area contributed by atoms with Gasteiger partial charge in [0.1, 0.15) is 11.6 Å². The second kappa shape index (κ2) is 7.74. The Balaban J connectivity index is 2.13. The minimum Gasteiger partial charge on any atom is -0.461 e. The van der Waals surface area contributed by atoms with Crippen LogP contribution in [0, 0.1) is 31.1 Å². The molecule has 0 radical (unpaired) electrons. The normalized spacial score (nSPS) is 21.4. The zero-order valence-electron chi connectivity index (χ0n) is 15.3. The number of hydrogen-bond acceptors (Lipinski definition) is 4. The lowest BCUT2D eigenvalue weighted by Crippen LogP contribution is -2.12. The largest absolute Gasteiger partial charge is 0.461 e. The van der Waals surface area contributed by atoms with E-state index in [-0.39, 0.29) is 6.61 Å². The number of carbonyl (C=O) groups is 1. The number of benzene rings is 1. The van der Waals surface area contributed by atoms with E-state index in [0.717, 1.165) is 22.8 Å². The van der Waals surface area contributed by atoms with E-state index in [1.807, 2.05) is 19.9 Å². The smallest absolute Gasteiger partial charge is 0.426 e. The standard InChI is InChI=1S/C19H19ClF3NO2S/c1-10-5-6-14(24-9-27)11(2)12(10)8-26-17(25)16-13(18(16,3)4)7-15(20)19(21,22)23/h5-7,13,16H,8H2,1-4H3/b15-7-. The third kappa shape index (κ3) is 4.60. The number of isothiocyanates is 1. The lowest BCUT2D eigenvalue weighted by atomic mass is 10.0. The van der Waals surface area contributed by atoms with E-state index in [2.05, 4.69) is 22.4 Å². The molecule has 1 aromatic rings. The van der Waals surface area contributed by atoms with E-state index in [1.54, 1.807) is 19.9 Å². The van der Waals surface area contributed by atoms with Gasteiger partial charge in [0.2, 0.25) is 0 Å². The Morgan fingerprint density at radius 1 is 1.41 bits per heavy atom. The van der Waals surface area contributed by atoms with Gasteiger partial charge in [-0.2, -0.15) is 18.2 Å². The minimum atomic E-state index is -4.62. The molecule has 8 heteroatoms. The minimum absolute atomic E-state index is 0.00725. The Morgan fingerprint density at radius 3 is 2.59 bits per heavy atom. The number of rotatable bonds is 5. The van der Waals surface area contributed by atoms with Gasteiger partial charge in [-0.15, -0.1) is 0 Å². The van der Waals surface area contributed by atoms with Crippen LogP contribution in [0.4, 0.5) is 18.9 Å². The lowest BCUT2D eigenvalue weighted by Gasteiger charge is -2.12. The highest BCUT2D eigenvalue weighted by Crippen LogP contribution is 2.60. The number of aryl methyl sites for hydroxylation is 1. The number of alkyl halides is 3. The molecule has 2 rings (SSSR count). The average Bonchev–Trinajstić information content (AvgIpc) is 3.09. The fourth-order valence-corrected chi connectivity index (χ4v) is 3.43. The van der Waals surface area contributed by atoms with Gasteiger partial charge in [-0.05, 0) is 60.2 Å². The zero-order chi connectivity index (χ0) is 20.6. The first-order valence-electron chi connectivity index (χ1n) is 8.19. The van der Waals surface area contributed by atoms with Gasteiger partial charge in [0, 0.05) is 0 Å². The molecule has 2 unspecified atom stereocenters. The molecule has 0 amide bonds. The van der Waals surface area contributed by atoms with Crippen molar-refractivity contribution >= 4 is 40.6 Å². The number of carbonyl (C=O) groups excluding carboxylic acids is 1. The van der Waals surface area contributed by atoms with E-state index >= 15 is 0 Å². The molecule has 0 N–H and O–H groups in total. The summed E-state index contributed by atoms with van der Waals surface area (Å²) in [5.41, 5.74) is 2.50. The molecule has 0 aromatic heterocycles. The number of halogens is 4. The van der Waals surface area contributed by atoms with Crippen LogP contribution in [0.5, 0.6) is 0 Å². The van der Waals surface area contributed by atoms with E-state index in [4.69, 9.17) is 16.3 Å². The maximum absolute atomic E-state index is 12.6. The second-order valence-electron chi connectivity index (χ2n) is 7.15.